The molecule has 3 aromatic carbocycles. The molecule has 176 valence electrons. The van der Waals surface area contributed by atoms with Gasteiger partial charge in [-0.2, -0.15) is 0 Å². The Kier molecular flexibility index (Phi) is 6.96. The molecule has 1 heterocycles. The van der Waals surface area contributed by atoms with Crippen LogP contribution in [-0.4, -0.2) is 20.1 Å². The minimum Gasteiger partial charge on any atom is -0.290 e. The molecule has 0 bridgehead atoms. The van der Waals surface area contributed by atoms with Crippen molar-refractivity contribution in [3.63, 3.8) is 0 Å². The van der Waals surface area contributed by atoms with Crippen LogP contribution in [0.4, 0.5) is 0 Å². The zero-order chi connectivity index (χ0) is 23.3. The number of aromatic nitrogens is 2. The quantitative estimate of drug-likeness (QED) is 0.309. The van der Waals surface area contributed by atoms with Crippen LogP contribution in [0.2, 0.25) is 0 Å². The van der Waals surface area contributed by atoms with Gasteiger partial charge in [0.15, 0.2) is 0 Å². The highest BCUT2D eigenvalue weighted by Gasteiger charge is 2.24. The summed E-state index contributed by atoms with van der Waals surface area (Å²) in [6.45, 7) is 4.64. The van der Waals surface area contributed by atoms with E-state index in [9.17, 15) is 4.79 Å². The van der Waals surface area contributed by atoms with Crippen LogP contribution in [0.5, 0.6) is 0 Å². The lowest BCUT2D eigenvalue weighted by atomic mass is 9.95. The maximum absolute atomic E-state index is 13.8. The molecule has 1 atom stereocenters. The molecule has 0 radical (unpaired) electrons. The van der Waals surface area contributed by atoms with E-state index in [0.29, 0.717) is 12.6 Å². The fourth-order valence-electron chi connectivity index (χ4n) is 5.48. The van der Waals surface area contributed by atoms with Crippen molar-refractivity contribution in [2.75, 3.05) is 0 Å². The summed E-state index contributed by atoms with van der Waals surface area (Å²) in [7, 11) is 0. The van der Waals surface area contributed by atoms with Gasteiger partial charge >= 0.3 is 5.69 Å². The molecule has 4 aromatic rings. The van der Waals surface area contributed by atoms with Crippen LogP contribution < -0.4 is 5.69 Å². The molecule has 0 aliphatic heterocycles. The number of nitrogens with zero attached hydrogens (tertiary/aromatic N) is 3. The Labute approximate surface area is 202 Å². The summed E-state index contributed by atoms with van der Waals surface area (Å²) in [5.41, 5.74) is 4.89. The van der Waals surface area contributed by atoms with Gasteiger partial charge in [-0.1, -0.05) is 92.1 Å². The Morgan fingerprint density at radius 1 is 0.765 bits per heavy atom. The standard InChI is InChI=1S/C30H35N3O/c1-24(31(22-25-13-5-2-6-14-25)23-26-15-7-3-8-16-26)21-32-28-19-11-12-20-29(28)33(30(32)34)27-17-9-4-10-18-27/h2-3,5-8,11-16,19-20,24,27H,4,9-10,17-18,21-23H2,1H3/t24-/m0/s1. The van der Waals surface area contributed by atoms with Crippen LogP contribution in [0, 0.1) is 0 Å². The van der Waals surface area contributed by atoms with Gasteiger partial charge in [0.2, 0.25) is 0 Å². The van der Waals surface area contributed by atoms with Crippen molar-refractivity contribution in [1.29, 1.82) is 0 Å². The first-order valence-corrected chi connectivity index (χ1v) is 12.7. The van der Waals surface area contributed by atoms with Crippen molar-refractivity contribution in [3.05, 3.63) is 107 Å². The summed E-state index contributed by atoms with van der Waals surface area (Å²) in [5, 5.41) is 0. The lowest BCUT2D eigenvalue weighted by Gasteiger charge is -2.30. The number of imidazole rings is 1. The Hall–Kier alpha value is -3.11. The number of benzene rings is 3. The Bertz CT molecular complexity index is 1210. The minimum absolute atomic E-state index is 0.152. The molecule has 1 aromatic heterocycles. The SMILES string of the molecule is C[C@@H](Cn1c(=O)n(C2CCCCC2)c2ccccc21)N(Cc1ccccc1)Cc1ccccc1. The summed E-state index contributed by atoms with van der Waals surface area (Å²) in [6, 6.07) is 30.2. The lowest BCUT2D eigenvalue weighted by Crippen LogP contribution is -2.38. The molecule has 5 rings (SSSR count). The summed E-state index contributed by atoms with van der Waals surface area (Å²) >= 11 is 0. The maximum Gasteiger partial charge on any atom is 0.329 e. The second kappa shape index (κ2) is 10.4. The van der Waals surface area contributed by atoms with Gasteiger partial charge in [-0.3, -0.25) is 14.0 Å². The fraction of sp³-hybridized carbons (Fsp3) is 0.367. The zero-order valence-electron chi connectivity index (χ0n) is 20.1. The van der Waals surface area contributed by atoms with Gasteiger partial charge in [0.1, 0.15) is 0 Å². The minimum atomic E-state index is 0.152. The molecular formula is C30H35N3O. The van der Waals surface area contributed by atoms with Crippen LogP contribution in [0.25, 0.3) is 11.0 Å². The number of rotatable bonds is 8. The van der Waals surface area contributed by atoms with Gasteiger partial charge in [-0.15, -0.1) is 0 Å². The largest absolute Gasteiger partial charge is 0.329 e. The normalized spacial score (nSPS) is 15.7. The second-order valence-corrected chi connectivity index (χ2v) is 9.77. The topological polar surface area (TPSA) is 30.2 Å². The van der Waals surface area contributed by atoms with E-state index in [-0.39, 0.29) is 11.7 Å². The van der Waals surface area contributed by atoms with E-state index < -0.39 is 0 Å². The fourth-order valence-corrected chi connectivity index (χ4v) is 5.48. The third-order valence-electron chi connectivity index (χ3n) is 7.34. The van der Waals surface area contributed by atoms with Crippen molar-refractivity contribution in [1.82, 2.24) is 14.0 Å². The first kappa shape index (κ1) is 22.7. The molecule has 34 heavy (non-hydrogen) atoms. The summed E-state index contributed by atoms with van der Waals surface area (Å²) in [4.78, 5) is 16.3. The number of fused-ring (bicyclic) bond motifs is 1. The molecule has 0 N–H and O–H groups in total. The van der Waals surface area contributed by atoms with Gasteiger partial charge in [0, 0.05) is 31.7 Å². The van der Waals surface area contributed by atoms with Crippen molar-refractivity contribution < 1.29 is 0 Å². The van der Waals surface area contributed by atoms with Crippen LogP contribution in [0.15, 0.2) is 89.7 Å². The van der Waals surface area contributed by atoms with E-state index in [2.05, 4.69) is 101 Å². The third kappa shape index (κ3) is 4.88. The molecule has 0 unspecified atom stereocenters. The number of para-hydroxylation sites is 2. The van der Waals surface area contributed by atoms with Crippen molar-refractivity contribution in [2.24, 2.45) is 0 Å². The van der Waals surface area contributed by atoms with Crippen molar-refractivity contribution >= 4 is 11.0 Å². The van der Waals surface area contributed by atoms with E-state index in [0.717, 1.165) is 37.0 Å². The van der Waals surface area contributed by atoms with Crippen molar-refractivity contribution in [3.8, 4) is 0 Å². The Morgan fingerprint density at radius 3 is 1.88 bits per heavy atom. The smallest absolute Gasteiger partial charge is 0.290 e. The van der Waals surface area contributed by atoms with E-state index in [1.165, 1.54) is 30.4 Å². The lowest BCUT2D eigenvalue weighted by molar-refractivity contribution is 0.173. The van der Waals surface area contributed by atoms with Crippen LogP contribution in [-0.2, 0) is 19.6 Å². The van der Waals surface area contributed by atoms with Gasteiger partial charge < -0.3 is 0 Å². The molecule has 1 saturated carbocycles. The first-order valence-electron chi connectivity index (χ1n) is 12.7. The average molecular weight is 454 g/mol. The van der Waals surface area contributed by atoms with Crippen LogP contribution in [0.1, 0.15) is 56.2 Å². The third-order valence-corrected chi connectivity index (χ3v) is 7.34. The number of hydrogen-bond acceptors (Lipinski definition) is 2. The van der Waals surface area contributed by atoms with Gasteiger partial charge in [-0.05, 0) is 43.0 Å². The zero-order valence-corrected chi connectivity index (χ0v) is 20.1. The van der Waals surface area contributed by atoms with Crippen LogP contribution >= 0.6 is 0 Å². The van der Waals surface area contributed by atoms with Gasteiger partial charge in [0.05, 0.1) is 11.0 Å². The van der Waals surface area contributed by atoms with E-state index in [4.69, 9.17) is 0 Å². The highest BCUT2D eigenvalue weighted by molar-refractivity contribution is 5.76. The van der Waals surface area contributed by atoms with Crippen LogP contribution in [0.3, 0.4) is 0 Å². The highest BCUT2D eigenvalue weighted by atomic mass is 16.1. The first-order chi connectivity index (χ1) is 16.7. The highest BCUT2D eigenvalue weighted by Crippen LogP contribution is 2.30. The van der Waals surface area contributed by atoms with E-state index in [1.54, 1.807) is 0 Å². The summed E-state index contributed by atoms with van der Waals surface area (Å²) in [5.74, 6) is 0. The molecule has 1 fully saturated rings. The molecule has 4 nitrogen and oxygen atoms in total. The number of hydrogen-bond donors (Lipinski definition) is 0. The molecule has 0 saturated heterocycles. The molecule has 1 aliphatic rings. The predicted octanol–water partition coefficient (Wildman–Crippen LogP) is 6.40. The molecule has 4 heteroatoms. The van der Waals surface area contributed by atoms with E-state index in [1.807, 2.05) is 4.57 Å². The molecule has 0 amide bonds. The Morgan fingerprint density at radius 2 is 1.29 bits per heavy atom. The summed E-state index contributed by atoms with van der Waals surface area (Å²) < 4.78 is 4.12. The average Bonchev–Trinajstić information content (AvgIpc) is 3.16. The van der Waals surface area contributed by atoms with Gasteiger partial charge in [-0.25, -0.2) is 4.79 Å². The van der Waals surface area contributed by atoms with E-state index >= 15 is 0 Å². The monoisotopic (exact) mass is 453 g/mol. The molecule has 1 aliphatic carbocycles. The van der Waals surface area contributed by atoms with Gasteiger partial charge in [0.25, 0.3) is 0 Å². The molecular weight excluding hydrogens is 418 g/mol. The van der Waals surface area contributed by atoms with Crippen molar-refractivity contribution in [2.45, 2.75) is 70.7 Å². The second-order valence-electron chi connectivity index (χ2n) is 9.77. The predicted molar refractivity (Wildman–Crippen MR) is 140 cm³/mol. The summed E-state index contributed by atoms with van der Waals surface area (Å²) in [6.07, 6.45) is 5.94. The molecule has 0 spiro atoms. The maximum atomic E-state index is 13.8. The Balaban J connectivity index is 1.47.